The zero-order valence-electron chi connectivity index (χ0n) is 24.2. The van der Waals surface area contributed by atoms with Crippen LogP contribution < -0.4 is 16.0 Å². The van der Waals surface area contributed by atoms with Gasteiger partial charge in [0, 0.05) is 43.9 Å². The van der Waals surface area contributed by atoms with Crippen LogP contribution in [-0.2, 0) is 16.0 Å². The molecule has 1 fully saturated rings. The molecule has 3 aromatic heterocycles. The molecule has 2 aromatic carbocycles. The molecule has 13 nitrogen and oxygen atoms in total. The van der Waals surface area contributed by atoms with Crippen LogP contribution in [0.15, 0.2) is 79.5 Å². The van der Waals surface area contributed by atoms with Gasteiger partial charge in [-0.2, -0.15) is 9.97 Å². The smallest absolute Gasteiger partial charge is 0.252 e. The third kappa shape index (κ3) is 6.11. The Balaban J connectivity index is 1.33. The number of amides is 1. The van der Waals surface area contributed by atoms with E-state index in [1.54, 1.807) is 19.4 Å². The number of carbonyl (C=O) groups excluding carboxylic acids is 1. The van der Waals surface area contributed by atoms with Crippen molar-refractivity contribution in [3.05, 3.63) is 96.3 Å². The van der Waals surface area contributed by atoms with Gasteiger partial charge in [-0.1, -0.05) is 60.7 Å². The van der Waals surface area contributed by atoms with Crippen LogP contribution in [0.3, 0.4) is 0 Å². The Hall–Kier alpha value is -4.85. The average Bonchev–Trinajstić information content (AvgIpc) is 3.79. The molecule has 13 heteroatoms. The Morgan fingerprint density at radius 1 is 1.02 bits per heavy atom. The van der Waals surface area contributed by atoms with Gasteiger partial charge in [0.2, 0.25) is 5.95 Å². The number of anilines is 2. The number of rotatable bonds is 12. The number of H-pyrrole nitrogens is 1. The van der Waals surface area contributed by atoms with Gasteiger partial charge in [-0.15, -0.1) is 0 Å². The van der Waals surface area contributed by atoms with Gasteiger partial charge in [-0.3, -0.25) is 9.36 Å². The topological polar surface area (TPSA) is 175 Å². The lowest BCUT2D eigenvalue weighted by Crippen LogP contribution is -2.42. The molecule has 0 unspecified atom stereocenters. The first-order valence-electron chi connectivity index (χ1n) is 14.6. The van der Waals surface area contributed by atoms with E-state index in [4.69, 9.17) is 14.7 Å². The first kappa shape index (κ1) is 29.2. The number of aliphatic hydroxyl groups excluding tert-OH is 2. The number of aromatic amines is 1. The fraction of sp³-hybridized carbons (Fsp3) is 0.323. The third-order valence-electron chi connectivity index (χ3n) is 7.65. The number of aromatic nitrogens is 6. The summed E-state index contributed by atoms with van der Waals surface area (Å²) in [5.41, 5.74) is 4.08. The molecule has 0 spiro atoms. The van der Waals surface area contributed by atoms with E-state index in [1.807, 2.05) is 36.4 Å². The molecular weight excluding hydrogens is 562 g/mol. The highest BCUT2D eigenvalue weighted by Gasteiger charge is 2.47. The predicted molar refractivity (Wildman–Crippen MR) is 164 cm³/mol. The minimum atomic E-state index is -1.42. The largest absolute Gasteiger partial charge is 0.387 e. The lowest BCUT2D eigenvalue weighted by Gasteiger charge is -2.20. The van der Waals surface area contributed by atoms with Gasteiger partial charge < -0.3 is 35.9 Å². The Kier molecular flexibility index (Phi) is 8.77. The quantitative estimate of drug-likeness (QED) is 0.125. The monoisotopic (exact) mass is 597 g/mol. The van der Waals surface area contributed by atoms with E-state index in [-0.39, 0.29) is 5.92 Å². The van der Waals surface area contributed by atoms with Crippen molar-refractivity contribution in [3.63, 3.8) is 0 Å². The van der Waals surface area contributed by atoms with Crippen LogP contribution in [0, 0.1) is 0 Å². The molecule has 4 atom stereocenters. The summed E-state index contributed by atoms with van der Waals surface area (Å²) < 4.78 is 7.40. The second kappa shape index (κ2) is 13.2. The van der Waals surface area contributed by atoms with Gasteiger partial charge in [0.05, 0.1) is 12.7 Å². The molecule has 1 saturated heterocycles. The molecule has 0 radical (unpaired) electrons. The van der Waals surface area contributed by atoms with Crippen molar-refractivity contribution in [1.82, 2.24) is 34.8 Å². The number of nitrogens with one attached hydrogen (secondary N) is 4. The summed E-state index contributed by atoms with van der Waals surface area (Å²) in [6.07, 6.45) is 0.391. The lowest BCUT2D eigenvalue weighted by molar-refractivity contribution is -0.137. The molecule has 1 aliphatic rings. The molecule has 5 aromatic rings. The van der Waals surface area contributed by atoms with Crippen LogP contribution in [0.1, 0.15) is 35.9 Å². The zero-order valence-corrected chi connectivity index (χ0v) is 24.2. The summed E-state index contributed by atoms with van der Waals surface area (Å²) in [6.45, 7) is 3.17. The van der Waals surface area contributed by atoms with Crippen LogP contribution in [0.4, 0.5) is 11.8 Å². The summed E-state index contributed by atoms with van der Waals surface area (Å²) in [5.74, 6) is 0.347. The predicted octanol–water partition coefficient (Wildman–Crippen LogP) is 2.20. The maximum Gasteiger partial charge on any atom is 0.252 e. The van der Waals surface area contributed by atoms with Crippen molar-refractivity contribution in [3.8, 4) is 0 Å². The highest BCUT2D eigenvalue weighted by Crippen LogP contribution is 2.33. The van der Waals surface area contributed by atoms with Crippen LogP contribution in [0.25, 0.3) is 11.2 Å². The Bertz CT molecular complexity index is 1620. The molecule has 44 heavy (non-hydrogen) atoms. The van der Waals surface area contributed by atoms with Crippen LogP contribution in [-0.4, -0.2) is 83.6 Å². The molecule has 228 valence electrons. The molecule has 1 amide bonds. The fourth-order valence-electron chi connectivity index (χ4n) is 5.41. The number of nitrogens with zero attached hydrogens (tertiary/aromatic N) is 5. The van der Waals surface area contributed by atoms with Crippen molar-refractivity contribution in [2.45, 2.75) is 43.8 Å². The maximum atomic E-state index is 12.5. The summed E-state index contributed by atoms with van der Waals surface area (Å²) >= 11 is 0. The zero-order chi connectivity index (χ0) is 30.5. The van der Waals surface area contributed by atoms with E-state index >= 15 is 0 Å². The van der Waals surface area contributed by atoms with E-state index in [9.17, 15) is 15.0 Å². The Labute approximate surface area is 253 Å². The Morgan fingerprint density at radius 2 is 1.75 bits per heavy atom. The van der Waals surface area contributed by atoms with E-state index in [1.165, 1.54) is 10.9 Å². The summed E-state index contributed by atoms with van der Waals surface area (Å²) in [4.78, 5) is 33.7. The number of carbonyl (C=O) groups is 1. The molecule has 0 bridgehead atoms. The van der Waals surface area contributed by atoms with E-state index in [0.29, 0.717) is 49.0 Å². The Morgan fingerprint density at radius 3 is 2.41 bits per heavy atom. The highest BCUT2D eigenvalue weighted by molar-refractivity contribution is 5.85. The van der Waals surface area contributed by atoms with Gasteiger partial charge in [0.25, 0.3) is 5.91 Å². The van der Waals surface area contributed by atoms with Gasteiger partial charge in [-0.05, 0) is 18.1 Å². The number of likely N-dealkylation sites (N-methyl/N-ethyl adjacent to an activating group) is 1. The summed E-state index contributed by atoms with van der Waals surface area (Å²) in [6, 6.07) is 20.5. The number of hydrogen-bond acceptors (Lipinski definition) is 10. The van der Waals surface area contributed by atoms with E-state index in [0.717, 1.165) is 16.8 Å². The first-order chi connectivity index (χ1) is 21.5. The normalized spacial score (nSPS) is 19.8. The SMILES string of the molecule is CCNC(=O)[C@@H]1O[C@H](n2cnc3c(NCC(c4ccccc4)c4ccccc4)nc(NCCc4cnc[nH]4)nc32)[C@@H](O)[C@H]1O. The molecule has 6 rings (SSSR count). The molecule has 4 heterocycles. The number of hydrogen-bond donors (Lipinski definition) is 6. The van der Waals surface area contributed by atoms with Gasteiger partial charge in [-0.25, -0.2) is 9.97 Å². The number of benzene rings is 2. The average molecular weight is 598 g/mol. The second-order valence-electron chi connectivity index (χ2n) is 10.6. The maximum absolute atomic E-state index is 12.5. The number of aliphatic hydroxyl groups is 2. The van der Waals surface area contributed by atoms with E-state index < -0.39 is 30.4 Å². The number of ether oxygens (including phenoxy) is 1. The van der Waals surface area contributed by atoms with Gasteiger partial charge in [0.15, 0.2) is 29.3 Å². The molecular formula is C31H35N9O4. The number of fused-ring (bicyclic) bond motifs is 1. The van der Waals surface area contributed by atoms with Crippen LogP contribution >= 0.6 is 0 Å². The van der Waals surface area contributed by atoms with Crippen molar-refractivity contribution in [2.75, 3.05) is 30.3 Å². The first-order valence-corrected chi connectivity index (χ1v) is 14.6. The van der Waals surface area contributed by atoms with Gasteiger partial charge in [0.1, 0.15) is 12.2 Å². The van der Waals surface area contributed by atoms with Crippen molar-refractivity contribution >= 4 is 28.8 Å². The molecule has 6 N–H and O–H groups in total. The molecule has 1 aliphatic heterocycles. The van der Waals surface area contributed by atoms with Crippen LogP contribution in [0.2, 0.25) is 0 Å². The van der Waals surface area contributed by atoms with Gasteiger partial charge >= 0.3 is 0 Å². The number of imidazole rings is 2. The van der Waals surface area contributed by atoms with Crippen molar-refractivity contribution in [2.24, 2.45) is 0 Å². The molecule has 0 aliphatic carbocycles. The van der Waals surface area contributed by atoms with Crippen LogP contribution in [0.5, 0.6) is 0 Å². The standard InChI is InChI=1S/C31H35N9O4/c1-2-33-29(43)26-24(41)25(42)30(44-26)40-18-37-23-27(38-31(39-28(23)40)34-14-13-21-15-32-17-36-21)35-16-22(19-9-5-3-6-10-19)20-11-7-4-8-12-20/h3-12,15,17-18,22,24-26,30,41-42H,2,13-14,16H2,1H3,(H,32,36)(H,33,43)(H2,34,35,38,39)/t24-,25+,26-,30+/m1/s1. The minimum absolute atomic E-state index is 0.0225. The minimum Gasteiger partial charge on any atom is -0.387 e. The van der Waals surface area contributed by atoms with E-state index in [2.05, 4.69) is 55.2 Å². The summed E-state index contributed by atoms with van der Waals surface area (Å²) in [5, 5.41) is 30.9. The summed E-state index contributed by atoms with van der Waals surface area (Å²) in [7, 11) is 0. The molecule has 0 saturated carbocycles. The third-order valence-corrected chi connectivity index (χ3v) is 7.65. The highest BCUT2D eigenvalue weighted by atomic mass is 16.6. The van der Waals surface area contributed by atoms with Crippen molar-refractivity contribution < 1.29 is 19.7 Å². The second-order valence-corrected chi connectivity index (χ2v) is 10.6. The fourth-order valence-corrected chi connectivity index (χ4v) is 5.41. The lowest BCUT2D eigenvalue weighted by atomic mass is 9.91. The van der Waals surface area contributed by atoms with Crippen molar-refractivity contribution in [1.29, 1.82) is 0 Å².